The van der Waals surface area contributed by atoms with Crippen LogP contribution in [-0.2, 0) is 6.42 Å². The van der Waals surface area contributed by atoms with Gasteiger partial charge in [-0.1, -0.05) is 43.2 Å². The molecular formula is C14H20ClN. The Morgan fingerprint density at radius 3 is 2.62 bits per heavy atom. The van der Waals surface area contributed by atoms with Crippen molar-refractivity contribution in [1.82, 2.24) is 5.32 Å². The fourth-order valence-corrected chi connectivity index (χ4v) is 2.73. The van der Waals surface area contributed by atoms with Crippen molar-refractivity contribution in [2.24, 2.45) is 0 Å². The van der Waals surface area contributed by atoms with Gasteiger partial charge in [0, 0.05) is 11.4 Å². The molecule has 0 radical (unpaired) electrons. The van der Waals surface area contributed by atoms with Crippen LogP contribution in [0.5, 0.6) is 0 Å². The van der Waals surface area contributed by atoms with Crippen molar-refractivity contribution in [3.63, 3.8) is 0 Å². The quantitative estimate of drug-likeness (QED) is 0.792. The maximum Gasteiger partial charge on any atom is 0.0489 e. The fraction of sp³-hybridized carbons (Fsp3) is 0.571. The Morgan fingerprint density at radius 1 is 1.12 bits per heavy atom. The summed E-state index contributed by atoms with van der Waals surface area (Å²) in [5.74, 6) is 0. The Morgan fingerprint density at radius 2 is 1.88 bits per heavy atom. The number of halogens is 1. The van der Waals surface area contributed by atoms with Crippen molar-refractivity contribution in [1.29, 1.82) is 0 Å². The first-order valence-corrected chi connectivity index (χ1v) is 6.71. The average molecular weight is 238 g/mol. The van der Waals surface area contributed by atoms with Crippen molar-refractivity contribution in [3.05, 3.63) is 35.9 Å². The van der Waals surface area contributed by atoms with Gasteiger partial charge in [-0.15, -0.1) is 11.6 Å². The fourth-order valence-electron chi connectivity index (χ4n) is 2.36. The molecule has 16 heavy (non-hydrogen) atoms. The van der Waals surface area contributed by atoms with E-state index in [-0.39, 0.29) is 0 Å². The number of hydrogen-bond donors (Lipinski definition) is 1. The molecule has 1 N–H and O–H groups in total. The predicted octanol–water partition coefficient (Wildman–Crippen LogP) is 3.37. The van der Waals surface area contributed by atoms with Gasteiger partial charge < -0.3 is 5.32 Å². The van der Waals surface area contributed by atoms with E-state index in [1.807, 2.05) is 0 Å². The molecule has 1 saturated carbocycles. The molecule has 0 heterocycles. The molecule has 2 atom stereocenters. The van der Waals surface area contributed by atoms with Crippen LogP contribution >= 0.6 is 11.6 Å². The highest BCUT2D eigenvalue weighted by Gasteiger charge is 2.21. The molecule has 0 aliphatic heterocycles. The molecule has 2 heteroatoms. The second kappa shape index (κ2) is 6.27. The molecule has 88 valence electrons. The van der Waals surface area contributed by atoms with Crippen LogP contribution < -0.4 is 5.32 Å². The lowest BCUT2D eigenvalue weighted by Gasteiger charge is -2.28. The van der Waals surface area contributed by atoms with Crippen molar-refractivity contribution in [3.8, 4) is 0 Å². The third kappa shape index (κ3) is 3.50. The van der Waals surface area contributed by atoms with Crippen LogP contribution in [0, 0.1) is 0 Å². The molecule has 1 aromatic carbocycles. The van der Waals surface area contributed by atoms with E-state index < -0.39 is 0 Å². The lowest BCUT2D eigenvalue weighted by molar-refractivity contribution is 0.382. The van der Waals surface area contributed by atoms with E-state index in [0.29, 0.717) is 11.4 Å². The maximum absolute atomic E-state index is 6.30. The van der Waals surface area contributed by atoms with Gasteiger partial charge in [0.15, 0.2) is 0 Å². The molecule has 2 unspecified atom stereocenters. The van der Waals surface area contributed by atoms with Gasteiger partial charge in [-0.25, -0.2) is 0 Å². The molecular weight excluding hydrogens is 218 g/mol. The molecule has 0 saturated heterocycles. The molecule has 2 rings (SSSR count). The third-order valence-electron chi connectivity index (χ3n) is 3.34. The largest absolute Gasteiger partial charge is 0.312 e. The molecule has 0 aromatic heterocycles. The van der Waals surface area contributed by atoms with Crippen molar-refractivity contribution in [2.45, 2.75) is 43.5 Å². The first-order valence-electron chi connectivity index (χ1n) is 6.27. The van der Waals surface area contributed by atoms with E-state index in [1.165, 1.54) is 31.2 Å². The lowest BCUT2D eigenvalue weighted by atomic mass is 9.95. The van der Waals surface area contributed by atoms with Crippen LogP contribution in [0.4, 0.5) is 0 Å². The minimum Gasteiger partial charge on any atom is -0.312 e. The first-order chi connectivity index (χ1) is 7.86. The summed E-state index contributed by atoms with van der Waals surface area (Å²) in [6.07, 6.45) is 6.13. The summed E-state index contributed by atoms with van der Waals surface area (Å²) in [6, 6.07) is 11.1. The minimum atomic E-state index is 0.338. The Kier molecular flexibility index (Phi) is 4.68. The molecule has 1 aliphatic carbocycles. The van der Waals surface area contributed by atoms with Gasteiger partial charge in [0.1, 0.15) is 0 Å². The van der Waals surface area contributed by atoms with Crippen molar-refractivity contribution < 1.29 is 0 Å². The Hall–Kier alpha value is -0.530. The second-order valence-corrected chi connectivity index (χ2v) is 5.16. The average Bonchev–Trinajstić information content (AvgIpc) is 2.33. The summed E-state index contributed by atoms with van der Waals surface area (Å²) >= 11 is 6.30. The number of hydrogen-bond acceptors (Lipinski definition) is 1. The molecule has 0 amide bonds. The van der Waals surface area contributed by atoms with E-state index in [2.05, 4.69) is 35.6 Å². The van der Waals surface area contributed by atoms with Gasteiger partial charge >= 0.3 is 0 Å². The lowest BCUT2D eigenvalue weighted by Crippen LogP contribution is -2.40. The summed E-state index contributed by atoms with van der Waals surface area (Å²) in [6.45, 7) is 1.04. The molecule has 0 bridgehead atoms. The molecule has 1 aliphatic rings. The summed E-state index contributed by atoms with van der Waals surface area (Å²) < 4.78 is 0. The van der Waals surface area contributed by atoms with Crippen LogP contribution in [0.3, 0.4) is 0 Å². The van der Waals surface area contributed by atoms with Crippen molar-refractivity contribution >= 4 is 11.6 Å². The number of benzene rings is 1. The monoisotopic (exact) mass is 237 g/mol. The zero-order valence-corrected chi connectivity index (χ0v) is 10.4. The van der Waals surface area contributed by atoms with E-state index in [4.69, 9.17) is 11.6 Å². The van der Waals surface area contributed by atoms with Crippen LogP contribution in [0.25, 0.3) is 0 Å². The number of nitrogens with one attached hydrogen (secondary N) is 1. The SMILES string of the molecule is ClC1CCCCC1NCCc1ccccc1. The van der Waals surface area contributed by atoms with Gasteiger partial charge in [0.25, 0.3) is 0 Å². The van der Waals surface area contributed by atoms with Crippen LogP contribution in [0.15, 0.2) is 30.3 Å². The van der Waals surface area contributed by atoms with Gasteiger partial charge in [0.2, 0.25) is 0 Å². The normalized spacial score (nSPS) is 25.6. The van der Waals surface area contributed by atoms with Crippen LogP contribution in [0.2, 0.25) is 0 Å². The molecule has 0 spiro atoms. The standard InChI is InChI=1S/C14H20ClN/c15-13-8-4-5-9-14(13)16-11-10-12-6-2-1-3-7-12/h1-3,6-7,13-14,16H,4-5,8-11H2. The Balaban J connectivity index is 1.71. The third-order valence-corrected chi connectivity index (χ3v) is 3.87. The molecule has 1 nitrogen and oxygen atoms in total. The summed E-state index contributed by atoms with van der Waals surface area (Å²) in [7, 11) is 0. The second-order valence-electron chi connectivity index (χ2n) is 4.60. The van der Waals surface area contributed by atoms with Crippen LogP contribution in [-0.4, -0.2) is 18.0 Å². The van der Waals surface area contributed by atoms with Gasteiger partial charge in [0.05, 0.1) is 0 Å². The zero-order valence-electron chi connectivity index (χ0n) is 9.66. The number of alkyl halides is 1. The van der Waals surface area contributed by atoms with E-state index in [0.717, 1.165) is 13.0 Å². The summed E-state index contributed by atoms with van der Waals surface area (Å²) in [5.41, 5.74) is 1.40. The highest BCUT2D eigenvalue weighted by Crippen LogP contribution is 2.22. The predicted molar refractivity (Wildman–Crippen MR) is 70.0 cm³/mol. The number of rotatable bonds is 4. The Labute approximate surface area is 103 Å². The van der Waals surface area contributed by atoms with E-state index >= 15 is 0 Å². The van der Waals surface area contributed by atoms with Gasteiger partial charge in [-0.05, 0) is 31.4 Å². The zero-order chi connectivity index (χ0) is 11.2. The van der Waals surface area contributed by atoms with E-state index in [9.17, 15) is 0 Å². The smallest absolute Gasteiger partial charge is 0.0489 e. The van der Waals surface area contributed by atoms with Gasteiger partial charge in [-0.2, -0.15) is 0 Å². The van der Waals surface area contributed by atoms with Gasteiger partial charge in [-0.3, -0.25) is 0 Å². The van der Waals surface area contributed by atoms with Crippen molar-refractivity contribution in [2.75, 3.05) is 6.54 Å². The Bertz CT molecular complexity index is 299. The summed E-state index contributed by atoms with van der Waals surface area (Å²) in [4.78, 5) is 0. The first kappa shape index (κ1) is 11.9. The maximum atomic E-state index is 6.30. The summed E-state index contributed by atoms with van der Waals surface area (Å²) in [5, 5.41) is 3.93. The molecule has 1 aromatic rings. The van der Waals surface area contributed by atoms with E-state index in [1.54, 1.807) is 0 Å². The van der Waals surface area contributed by atoms with Crippen LogP contribution in [0.1, 0.15) is 31.2 Å². The highest BCUT2D eigenvalue weighted by molar-refractivity contribution is 6.21. The topological polar surface area (TPSA) is 12.0 Å². The molecule has 1 fully saturated rings. The highest BCUT2D eigenvalue weighted by atomic mass is 35.5. The minimum absolute atomic E-state index is 0.338.